The van der Waals surface area contributed by atoms with E-state index in [0.29, 0.717) is 5.56 Å². The molecule has 0 radical (unpaired) electrons. The molecule has 2 aromatic heterocycles. The van der Waals surface area contributed by atoms with Crippen molar-refractivity contribution in [3.05, 3.63) is 46.0 Å². The molecule has 0 aliphatic rings. The minimum absolute atomic E-state index is 0.0271. The summed E-state index contributed by atoms with van der Waals surface area (Å²) in [6.45, 7) is 0. The largest absolute Gasteiger partial charge is 0.479 e. The van der Waals surface area contributed by atoms with Gasteiger partial charge in [-0.2, -0.15) is 0 Å². The molecule has 90 valence electrons. The first-order valence-corrected chi connectivity index (χ1v) is 6.05. The monoisotopic (exact) mass is 252 g/mol. The van der Waals surface area contributed by atoms with Gasteiger partial charge in [0.25, 0.3) is 0 Å². The van der Waals surface area contributed by atoms with Gasteiger partial charge in [-0.1, -0.05) is 6.07 Å². The van der Waals surface area contributed by atoms with Crippen LogP contribution in [0.3, 0.4) is 0 Å². The molecule has 1 atom stereocenters. The third-order valence-corrected chi connectivity index (χ3v) is 3.44. The van der Waals surface area contributed by atoms with Crippen LogP contribution in [0.1, 0.15) is 16.5 Å². The fourth-order valence-electron chi connectivity index (χ4n) is 1.71. The standard InChI is InChI=1S/C12H13FN2OS/c1-14-11(9-4-3-7-17-9)8-5-6-15-12(16-2)10(8)13/h3-7,11,14H,1-2H3. The van der Waals surface area contributed by atoms with Crippen LogP contribution in [0.2, 0.25) is 0 Å². The maximum Gasteiger partial charge on any atom is 0.250 e. The minimum Gasteiger partial charge on any atom is -0.479 e. The third-order valence-electron chi connectivity index (χ3n) is 2.51. The number of aromatic nitrogens is 1. The molecule has 0 saturated carbocycles. The number of nitrogens with zero attached hydrogens (tertiary/aromatic N) is 1. The number of pyridine rings is 1. The van der Waals surface area contributed by atoms with Crippen LogP contribution in [0, 0.1) is 5.82 Å². The van der Waals surface area contributed by atoms with Crippen LogP contribution < -0.4 is 10.1 Å². The van der Waals surface area contributed by atoms with E-state index in [9.17, 15) is 4.39 Å². The molecule has 2 heterocycles. The highest BCUT2D eigenvalue weighted by molar-refractivity contribution is 7.10. The zero-order valence-electron chi connectivity index (χ0n) is 9.61. The Bertz CT molecular complexity index is 487. The number of hydrogen-bond acceptors (Lipinski definition) is 4. The van der Waals surface area contributed by atoms with Crippen molar-refractivity contribution < 1.29 is 9.13 Å². The number of ether oxygens (including phenoxy) is 1. The van der Waals surface area contributed by atoms with Gasteiger partial charge in [0, 0.05) is 16.6 Å². The summed E-state index contributed by atoms with van der Waals surface area (Å²) in [5.41, 5.74) is 0.543. The Morgan fingerprint density at radius 3 is 2.88 bits per heavy atom. The Labute approximate surface area is 103 Å². The van der Waals surface area contributed by atoms with E-state index in [2.05, 4.69) is 10.3 Å². The minimum atomic E-state index is -0.414. The first-order chi connectivity index (χ1) is 8.27. The molecule has 0 aromatic carbocycles. The highest BCUT2D eigenvalue weighted by Crippen LogP contribution is 2.29. The predicted octanol–water partition coefficient (Wildman–Crippen LogP) is 2.60. The zero-order chi connectivity index (χ0) is 12.3. The van der Waals surface area contributed by atoms with Gasteiger partial charge in [0.2, 0.25) is 5.88 Å². The van der Waals surface area contributed by atoms with Gasteiger partial charge >= 0.3 is 0 Å². The van der Waals surface area contributed by atoms with E-state index in [1.807, 2.05) is 17.5 Å². The molecular formula is C12H13FN2OS. The van der Waals surface area contributed by atoms with E-state index < -0.39 is 5.82 Å². The lowest BCUT2D eigenvalue weighted by molar-refractivity contribution is 0.365. The molecule has 0 bridgehead atoms. The van der Waals surface area contributed by atoms with Gasteiger partial charge in [0.1, 0.15) is 0 Å². The van der Waals surface area contributed by atoms with E-state index in [4.69, 9.17) is 4.74 Å². The molecule has 0 saturated heterocycles. The van der Waals surface area contributed by atoms with E-state index in [1.165, 1.54) is 7.11 Å². The van der Waals surface area contributed by atoms with E-state index >= 15 is 0 Å². The van der Waals surface area contributed by atoms with Gasteiger partial charge in [-0.3, -0.25) is 0 Å². The third kappa shape index (κ3) is 2.30. The summed E-state index contributed by atoms with van der Waals surface area (Å²) >= 11 is 1.58. The molecule has 0 amide bonds. The molecule has 3 nitrogen and oxygen atoms in total. The summed E-state index contributed by atoms with van der Waals surface area (Å²) in [4.78, 5) is 4.89. The van der Waals surface area contributed by atoms with Gasteiger partial charge < -0.3 is 10.1 Å². The molecule has 0 aliphatic heterocycles. The molecule has 1 N–H and O–H groups in total. The summed E-state index contributed by atoms with van der Waals surface area (Å²) < 4.78 is 19.0. The number of nitrogens with one attached hydrogen (secondary N) is 1. The van der Waals surface area contributed by atoms with Crippen molar-refractivity contribution in [3.63, 3.8) is 0 Å². The van der Waals surface area contributed by atoms with Crippen molar-refractivity contribution in [2.45, 2.75) is 6.04 Å². The molecule has 1 unspecified atom stereocenters. The van der Waals surface area contributed by atoms with Crippen molar-refractivity contribution >= 4 is 11.3 Å². The SMILES string of the molecule is CNC(c1cccs1)c1ccnc(OC)c1F. The second kappa shape index (κ2) is 5.25. The number of methoxy groups -OCH3 is 1. The first-order valence-electron chi connectivity index (χ1n) is 5.17. The van der Waals surface area contributed by atoms with Crippen LogP contribution in [0.15, 0.2) is 29.8 Å². The molecule has 0 fully saturated rings. The van der Waals surface area contributed by atoms with Gasteiger partial charge in [0.15, 0.2) is 5.82 Å². The van der Waals surface area contributed by atoms with Crippen LogP contribution in [0.4, 0.5) is 4.39 Å². The number of hydrogen-bond donors (Lipinski definition) is 1. The first kappa shape index (κ1) is 12.0. The normalized spacial score (nSPS) is 12.4. The molecular weight excluding hydrogens is 239 g/mol. The van der Waals surface area contributed by atoms with Crippen LogP contribution in [0.5, 0.6) is 5.88 Å². The average Bonchev–Trinajstić information content (AvgIpc) is 2.86. The van der Waals surface area contributed by atoms with E-state index in [0.717, 1.165) is 4.88 Å². The smallest absolute Gasteiger partial charge is 0.250 e. The molecule has 0 spiro atoms. The van der Waals surface area contributed by atoms with Crippen LogP contribution in [0.25, 0.3) is 0 Å². The lowest BCUT2D eigenvalue weighted by Gasteiger charge is -2.16. The zero-order valence-corrected chi connectivity index (χ0v) is 10.4. The maximum absolute atomic E-state index is 14.1. The summed E-state index contributed by atoms with van der Waals surface area (Å²) in [6, 6.07) is 5.41. The fourth-order valence-corrected chi connectivity index (χ4v) is 2.56. The summed E-state index contributed by atoms with van der Waals surface area (Å²) in [5, 5.41) is 5.07. The molecule has 0 aliphatic carbocycles. The lowest BCUT2D eigenvalue weighted by atomic mass is 10.1. The second-order valence-corrected chi connectivity index (χ2v) is 4.44. The number of thiophene rings is 1. The Morgan fingerprint density at radius 1 is 1.47 bits per heavy atom. The van der Waals surface area contributed by atoms with Crippen LogP contribution in [-0.4, -0.2) is 19.1 Å². The van der Waals surface area contributed by atoms with Gasteiger partial charge in [-0.25, -0.2) is 9.37 Å². The van der Waals surface area contributed by atoms with Gasteiger partial charge in [-0.05, 0) is 24.6 Å². The van der Waals surface area contributed by atoms with Crippen molar-refractivity contribution in [1.82, 2.24) is 10.3 Å². The van der Waals surface area contributed by atoms with Crippen molar-refractivity contribution in [2.75, 3.05) is 14.2 Å². The van der Waals surface area contributed by atoms with Crippen molar-refractivity contribution in [3.8, 4) is 5.88 Å². The Morgan fingerprint density at radius 2 is 2.29 bits per heavy atom. The predicted molar refractivity (Wildman–Crippen MR) is 66.0 cm³/mol. The molecule has 2 aromatic rings. The molecule has 2 rings (SSSR count). The second-order valence-electron chi connectivity index (χ2n) is 3.46. The quantitative estimate of drug-likeness (QED) is 0.908. The van der Waals surface area contributed by atoms with E-state index in [1.54, 1.807) is 30.6 Å². The van der Waals surface area contributed by atoms with Crippen molar-refractivity contribution in [2.24, 2.45) is 0 Å². The summed E-state index contributed by atoms with van der Waals surface area (Å²) in [7, 11) is 3.21. The topological polar surface area (TPSA) is 34.2 Å². The van der Waals surface area contributed by atoms with Gasteiger partial charge in [-0.15, -0.1) is 11.3 Å². The molecule has 17 heavy (non-hydrogen) atoms. The molecule has 5 heteroatoms. The fraction of sp³-hybridized carbons (Fsp3) is 0.250. The highest BCUT2D eigenvalue weighted by Gasteiger charge is 2.20. The number of halogens is 1. The Balaban J connectivity index is 2.44. The Kier molecular flexibility index (Phi) is 3.71. The summed E-state index contributed by atoms with van der Waals surface area (Å²) in [5.74, 6) is -0.387. The maximum atomic E-state index is 14.1. The van der Waals surface area contributed by atoms with Crippen LogP contribution >= 0.6 is 11.3 Å². The highest BCUT2D eigenvalue weighted by atomic mass is 32.1. The van der Waals surface area contributed by atoms with Gasteiger partial charge in [0.05, 0.1) is 13.2 Å². The average molecular weight is 252 g/mol. The number of rotatable bonds is 4. The summed E-state index contributed by atoms with van der Waals surface area (Å²) in [6.07, 6.45) is 1.55. The Hall–Kier alpha value is -1.46. The van der Waals surface area contributed by atoms with E-state index in [-0.39, 0.29) is 11.9 Å². The van der Waals surface area contributed by atoms with Crippen LogP contribution in [-0.2, 0) is 0 Å². The lowest BCUT2D eigenvalue weighted by Crippen LogP contribution is -2.18. The van der Waals surface area contributed by atoms with Crippen molar-refractivity contribution in [1.29, 1.82) is 0 Å².